The van der Waals surface area contributed by atoms with E-state index in [1.54, 1.807) is 0 Å². The summed E-state index contributed by atoms with van der Waals surface area (Å²) in [6, 6.07) is -0.724. The SMILES string of the molecule is CC/C=C\C/C=C\C/C=C\C/C=C\C/C=C\CCCC(CC(=O)NC(CO)C(O)CCCCCCCCCCCCCCCCCCC)OC(=O)CCCCCCC/C=C\CCCC. The molecule has 0 aliphatic carbocycles. The second-order valence-electron chi connectivity index (χ2n) is 18.2. The molecule has 370 valence electrons. The van der Waals surface area contributed by atoms with Crippen LogP contribution >= 0.6 is 0 Å². The third kappa shape index (κ3) is 45.9. The summed E-state index contributed by atoms with van der Waals surface area (Å²) in [5.41, 5.74) is 0. The Balaban J connectivity index is 4.62. The van der Waals surface area contributed by atoms with Crippen LogP contribution in [-0.2, 0) is 14.3 Å². The van der Waals surface area contributed by atoms with Gasteiger partial charge < -0.3 is 20.3 Å². The molecule has 0 aliphatic rings. The number of rotatable bonds is 48. The standard InChI is InChI=1S/C58H103NO5/c1-4-7-10-13-16-19-22-24-26-28-30-32-35-37-40-43-46-49-54(64-58(63)51-48-45-42-39-34-21-18-15-12-9-6-3)52-57(62)59-55(53-60)56(61)50-47-44-41-38-36-33-31-29-27-25-23-20-17-14-11-8-5-2/h7,10,15-16,18-19,24,26,30,32,37,40,54-56,60-61H,4-6,8-9,11-14,17,20-23,25,27-29,31,33-36,38-39,41-53H2,1-3H3,(H,59,62)/b10-7-,18-15-,19-16-,26-24-,32-30-,40-37-. The van der Waals surface area contributed by atoms with Crippen LogP contribution in [0.2, 0.25) is 0 Å². The van der Waals surface area contributed by atoms with Gasteiger partial charge in [0, 0.05) is 6.42 Å². The van der Waals surface area contributed by atoms with Crippen molar-refractivity contribution in [1.82, 2.24) is 5.32 Å². The number of ether oxygens (including phenoxy) is 1. The summed E-state index contributed by atoms with van der Waals surface area (Å²) in [4.78, 5) is 26.1. The summed E-state index contributed by atoms with van der Waals surface area (Å²) < 4.78 is 5.90. The number of aliphatic hydroxyl groups is 2. The Labute approximate surface area is 396 Å². The third-order valence-corrected chi connectivity index (χ3v) is 12.0. The van der Waals surface area contributed by atoms with E-state index in [9.17, 15) is 19.8 Å². The molecule has 0 heterocycles. The Bertz CT molecular complexity index is 1190. The van der Waals surface area contributed by atoms with E-state index in [0.29, 0.717) is 19.3 Å². The lowest BCUT2D eigenvalue weighted by Gasteiger charge is -2.24. The van der Waals surface area contributed by atoms with Gasteiger partial charge in [0.25, 0.3) is 0 Å². The van der Waals surface area contributed by atoms with E-state index in [-0.39, 0.29) is 24.9 Å². The maximum absolute atomic E-state index is 13.2. The average molecular weight is 894 g/mol. The normalized spacial score (nSPS) is 13.8. The highest BCUT2D eigenvalue weighted by Gasteiger charge is 2.24. The zero-order chi connectivity index (χ0) is 46.7. The zero-order valence-electron chi connectivity index (χ0n) is 42.1. The maximum Gasteiger partial charge on any atom is 0.306 e. The van der Waals surface area contributed by atoms with Crippen LogP contribution < -0.4 is 5.32 Å². The molecule has 0 radical (unpaired) electrons. The van der Waals surface area contributed by atoms with Gasteiger partial charge in [-0.25, -0.2) is 0 Å². The first-order valence-electron chi connectivity index (χ1n) is 27.2. The highest BCUT2D eigenvalue weighted by Crippen LogP contribution is 2.17. The Hall–Kier alpha value is -2.70. The van der Waals surface area contributed by atoms with Crippen molar-refractivity contribution in [2.24, 2.45) is 0 Å². The molecule has 3 atom stereocenters. The molecule has 0 saturated carbocycles. The van der Waals surface area contributed by atoms with Gasteiger partial charge in [-0.3, -0.25) is 9.59 Å². The van der Waals surface area contributed by atoms with Crippen LogP contribution in [0.1, 0.15) is 258 Å². The second-order valence-corrected chi connectivity index (χ2v) is 18.2. The molecule has 3 unspecified atom stereocenters. The Morgan fingerprint density at radius 1 is 0.469 bits per heavy atom. The van der Waals surface area contributed by atoms with Crippen molar-refractivity contribution in [3.8, 4) is 0 Å². The number of allylic oxidation sites excluding steroid dienone is 12. The summed E-state index contributed by atoms with van der Waals surface area (Å²) in [5, 5.41) is 23.8. The highest BCUT2D eigenvalue weighted by atomic mass is 16.5. The first-order chi connectivity index (χ1) is 31.5. The molecule has 0 fully saturated rings. The number of carbonyl (C=O) groups is 2. The summed E-state index contributed by atoms with van der Waals surface area (Å²) in [7, 11) is 0. The number of amides is 1. The molecule has 0 aromatic heterocycles. The quantitative estimate of drug-likeness (QED) is 0.0321. The maximum atomic E-state index is 13.2. The van der Waals surface area contributed by atoms with Crippen LogP contribution in [0.5, 0.6) is 0 Å². The summed E-state index contributed by atoms with van der Waals surface area (Å²) in [5.74, 6) is -0.541. The van der Waals surface area contributed by atoms with Crippen LogP contribution in [0.4, 0.5) is 0 Å². The number of hydrogen-bond donors (Lipinski definition) is 3. The molecule has 6 nitrogen and oxygen atoms in total. The summed E-state index contributed by atoms with van der Waals surface area (Å²) in [6.45, 7) is 6.33. The molecule has 6 heteroatoms. The molecule has 64 heavy (non-hydrogen) atoms. The van der Waals surface area contributed by atoms with Gasteiger partial charge >= 0.3 is 5.97 Å². The number of hydrogen-bond acceptors (Lipinski definition) is 5. The van der Waals surface area contributed by atoms with Crippen LogP contribution in [-0.4, -0.2) is 46.9 Å². The van der Waals surface area contributed by atoms with Gasteiger partial charge in [0.1, 0.15) is 6.10 Å². The third-order valence-electron chi connectivity index (χ3n) is 12.0. The van der Waals surface area contributed by atoms with Crippen molar-refractivity contribution < 1.29 is 24.5 Å². The molecule has 0 rings (SSSR count). The molecule has 3 N–H and O–H groups in total. The fourth-order valence-corrected chi connectivity index (χ4v) is 7.91. The Kier molecular flexibility index (Phi) is 49.1. The lowest BCUT2D eigenvalue weighted by molar-refractivity contribution is -0.151. The van der Waals surface area contributed by atoms with E-state index in [1.165, 1.54) is 122 Å². The molecule has 1 amide bonds. The highest BCUT2D eigenvalue weighted by molar-refractivity contribution is 5.77. The number of nitrogens with one attached hydrogen (secondary N) is 1. The molecule has 0 aromatic carbocycles. The predicted octanol–water partition coefficient (Wildman–Crippen LogP) is 16.6. The topological polar surface area (TPSA) is 95.9 Å². The Morgan fingerprint density at radius 3 is 1.38 bits per heavy atom. The molecule has 0 aliphatic heterocycles. The molecule has 0 spiro atoms. The van der Waals surface area contributed by atoms with E-state index < -0.39 is 18.2 Å². The van der Waals surface area contributed by atoms with Crippen molar-refractivity contribution >= 4 is 11.9 Å². The van der Waals surface area contributed by atoms with Crippen molar-refractivity contribution in [3.05, 3.63) is 72.9 Å². The van der Waals surface area contributed by atoms with E-state index in [4.69, 9.17) is 4.74 Å². The minimum absolute atomic E-state index is 0.0333. The van der Waals surface area contributed by atoms with E-state index in [0.717, 1.165) is 89.9 Å². The first-order valence-corrected chi connectivity index (χ1v) is 27.2. The van der Waals surface area contributed by atoms with Crippen LogP contribution in [0, 0.1) is 0 Å². The zero-order valence-corrected chi connectivity index (χ0v) is 42.1. The van der Waals surface area contributed by atoms with Crippen LogP contribution in [0.15, 0.2) is 72.9 Å². The van der Waals surface area contributed by atoms with Crippen molar-refractivity contribution in [2.75, 3.05) is 6.61 Å². The van der Waals surface area contributed by atoms with Crippen molar-refractivity contribution in [3.63, 3.8) is 0 Å². The molecule has 0 bridgehead atoms. The van der Waals surface area contributed by atoms with Gasteiger partial charge in [0.2, 0.25) is 5.91 Å². The minimum atomic E-state index is -0.807. The van der Waals surface area contributed by atoms with Gasteiger partial charge in [-0.1, -0.05) is 235 Å². The van der Waals surface area contributed by atoms with Crippen LogP contribution in [0.25, 0.3) is 0 Å². The smallest absolute Gasteiger partial charge is 0.306 e. The number of esters is 1. The minimum Gasteiger partial charge on any atom is -0.462 e. The lowest BCUT2D eigenvalue weighted by atomic mass is 10.0. The van der Waals surface area contributed by atoms with Crippen molar-refractivity contribution in [2.45, 2.75) is 277 Å². The summed E-state index contributed by atoms with van der Waals surface area (Å²) in [6.07, 6.45) is 65.4. The van der Waals surface area contributed by atoms with E-state index >= 15 is 0 Å². The number of carbonyl (C=O) groups excluding carboxylic acids is 2. The average Bonchev–Trinajstić information content (AvgIpc) is 3.29. The molecule has 0 saturated heterocycles. The fourth-order valence-electron chi connectivity index (χ4n) is 7.91. The fraction of sp³-hybridized carbons (Fsp3) is 0.759. The molecule has 0 aromatic rings. The van der Waals surface area contributed by atoms with Crippen molar-refractivity contribution in [1.29, 1.82) is 0 Å². The lowest BCUT2D eigenvalue weighted by Crippen LogP contribution is -2.46. The molecular weight excluding hydrogens is 791 g/mol. The van der Waals surface area contributed by atoms with Gasteiger partial charge in [-0.05, 0) is 83.5 Å². The molecular formula is C58H103NO5. The largest absolute Gasteiger partial charge is 0.462 e. The monoisotopic (exact) mass is 894 g/mol. The van der Waals surface area contributed by atoms with Gasteiger partial charge in [-0.2, -0.15) is 0 Å². The summed E-state index contributed by atoms with van der Waals surface area (Å²) >= 11 is 0. The second kappa shape index (κ2) is 51.3. The van der Waals surface area contributed by atoms with Gasteiger partial charge in [0.05, 0.1) is 25.2 Å². The first kappa shape index (κ1) is 61.3. The Morgan fingerprint density at radius 2 is 0.875 bits per heavy atom. The van der Waals surface area contributed by atoms with E-state index in [1.807, 2.05) is 0 Å². The van der Waals surface area contributed by atoms with Crippen LogP contribution in [0.3, 0.4) is 0 Å². The predicted molar refractivity (Wildman–Crippen MR) is 278 cm³/mol. The number of aliphatic hydroxyl groups excluding tert-OH is 2. The number of unbranched alkanes of at least 4 members (excludes halogenated alkanes) is 24. The van der Waals surface area contributed by atoms with Gasteiger partial charge in [-0.15, -0.1) is 0 Å². The van der Waals surface area contributed by atoms with Gasteiger partial charge in [0.15, 0.2) is 0 Å². The van der Waals surface area contributed by atoms with E-state index in [2.05, 4.69) is 99.0 Å².